The van der Waals surface area contributed by atoms with Crippen LogP contribution in [-0.2, 0) is 5.41 Å². The van der Waals surface area contributed by atoms with Crippen LogP contribution in [0.15, 0.2) is 30.3 Å². The summed E-state index contributed by atoms with van der Waals surface area (Å²) in [5, 5.41) is 23.1. The molecule has 1 saturated heterocycles. The van der Waals surface area contributed by atoms with Gasteiger partial charge in [0.25, 0.3) is 5.91 Å². The van der Waals surface area contributed by atoms with Crippen molar-refractivity contribution in [3.05, 3.63) is 46.6 Å². The minimum absolute atomic E-state index is 0.127. The van der Waals surface area contributed by atoms with Gasteiger partial charge < -0.3 is 20.6 Å². The van der Waals surface area contributed by atoms with Gasteiger partial charge >= 0.3 is 6.03 Å². The van der Waals surface area contributed by atoms with E-state index in [4.69, 9.17) is 0 Å². The predicted molar refractivity (Wildman–Crippen MR) is 139 cm³/mol. The molecule has 5 N–H and O–H groups in total. The number of rotatable bonds is 6. The summed E-state index contributed by atoms with van der Waals surface area (Å²) in [6, 6.07) is 6.63. The lowest BCUT2D eigenvalue weighted by molar-refractivity contribution is -0.0679. The number of carbonyl (C=O) groups excluding carboxylic acids is 2. The molecule has 2 aromatic rings. The number of likely N-dealkylation sites (N-methyl/N-ethyl adjacent to an activating group) is 1. The van der Waals surface area contributed by atoms with E-state index in [0.29, 0.717) is 35.8 Å². The fraction of sp³-hybridized carbons (Fsp3) is 0.520. The number of urea groups is 1. The van der Waals surface area contributed by atoms with Crippen LogP contribution in [0.1, 0.15) is 56.3 Å². The minimum atomic E-state index is -0.901. The Labute approximate surface area is 210 Å². The van der Waals surface area contributed by atoms with Gasteiger partial charge in [-0.3, -0.25) is 15.4 Å². The number of halogens is 1. The highest BCUT2D eigenvalue weighted by Crippen LogP contribution is 2.38. The van der Waals surface area contributed by atoms with Crippen LogP contribution in [0, 0.1) is 5.82 Å². The first-order valence-electron chi connectivity index (χ1n) is 11.8. The van der Waals surface area contributed by atoms with Crippen molar-refractivity contribution in [1.82, 2.24) is 15.5 Å². The lowest BCUT2D eigenvalue weighted by Crippen LogP contribution is -2.71. The van der Waals surface area contributed by atoms with Crippen LogP contribution in [0.5, 0.6) is 0 Å². The zero-order chi connectivity index (χ0) is 26.0. The van der Waals surface area contributed by atoms with Crippen molar-refractivity contribution in [2.75, 3.05) is 30.8 Å². The summed E-state index contributed by atoms with van der Waals surface area (Å²) in [6.07, 6.45) is -0.356. The Morgan fingerprint density at radius 1 is 1.26 bits per heavy atom. The molecule has 0 spiro atoms. The van der Waals surface area contributed by atoms with Crippen LogP contribution in [0.25, 0.3) is 0 Å². The van der Waals surface area contributed by atoms with Gasteiger partial charge in [0, 0.05) is 29.7 Å². The van der Waals surface area contributed by atoms with Crippen molar-refractivity contribution in [3.63, 3.8) is 0 Å². The van der Waals surface area contributed by atoms with Crippen molar-refractivity contribution in [1.29, 1.82) is 0 Å². The van der Waals surface area contributed by atoms with E-state index in [1.807, 2.05) is 47.7 Å². The zero-order valence-electron chi connectivity index (χ0n) is 21.2. The molecule has 1 aromatic carbocycles. The maximum Gasteiger partial charge on any atom is 0.324 e. The smallest absolute Gasteiger partial charge is 0.324 e. The molecule has 3 rings (SSSR count). The highest BCUT2D eigenvalue weighted by Gasteiger charge is 2.46. The van der Waals surface area contributed by atoms with Gasteiger partial charge in [0.1, 0.15) is 17.0 Å². The number of benzene rings is 1. The van der Waals surface area contributed by atoms with Gasteiger partial charge in [0.15, 0.2) is 0 Å². The Morgan fingerprint density at radius 2 is 1.91 bits per heavy atom. The topological polar surface area (TPSA) is 106 Å². The third-order valence-corrected chi connectivity index (χ3v) is 7.92. The molecule has 192 valence electrons. The van der Waals surface area contributed by atoms with Crippen LogP contribution in [0.2, 0.25) is 0 Å². The molecule has 1 aromatic heterocycles. The van der Waals surface area contributed by atoms with Crippen molar-refractivity contribution in [2.45, 2.75) is 64.3 Å². The Bertz CT molecular complexity index is 1050. The highest BCUT2D eigenvalue weighted by atomic mass is 32.1. The van der Waals surface area contributed by atoms with Crippen LogP contribution in [-0.4, -0.2) is 59.9 Å². The zero-order valence-corrected chi connectivity index (χ0v) is 22.0. The molecular weight excluding hydrogens is 469 g/mol. The molecule has 10 heteroatoms. The number of hydrogen-bond acceptors (Lipinski definition) is 6. The number of aliphatic hydroxyl groups excluding tert-OH is 1. The van der Waals surface area contributed by atoms with Gasteiger partial charge in [0.05, 0.1) is 11.1 Å². The number of thiophene rings is 1. The first-order chi connectivity index (χ1) is 16.4. The average molecular weight is 506 g/mol. The Hall–Kier alpha value is -2.53. The summed E-state index contributed by atoms with van der Waals surface area (Å²) in [7, 11) is 1.82. The molecule has 3 unspecified atom stereocenters. The molecule has 1 aliphatic rings. The van der Waals surface area contributed by atoms with Crippen LogP contribution < -0.4 is 21.3 Å². The number of carbonyl (C=O) groups is 2. The predicted octanol–water partition coefficient (Wildman–Crippen LogP) is 3.95. The van der Waals surface area contributed by atoms with Crippen molar-refractivity contribution in [3.8, 4) is 0 Å². The molecular formula is C25H36FN5O3S. The van der Waals surface area contributed by atoms with E-state index in [1.54, 1.807) is 4.90 Å². The van der Waals surface area contributed by atoms with E-state index in [-0.39, 0.29) is 17.4 Å². The van der Waals surface area contributed by atoms with E-state index < -0.39 is 23.6 Å². The number of amides is 3. The molecule has 0 radical (unpaired) electrons. The van der Waals surface area contributed by atoms with Crippen LogP contribution in [0.3, 0.4) is 0 Å². The molecule has 35 heavy (non-hydrogen) atoms. The largest absolute Gasteiger partial charge is 0.376 e. The Morgan fingerprint density at radius 3 is 2.49 bits per heavy atom. The summed E-state index contributed by atoms with van der Waals surface area (Å²) in [6.45, 7) is 10.9. The molecule has 0 bridgehead atoms. The summed E-state index contributed by atoms with van der Waals surface area (Å²) in [4.78, 5) is 29.4. The van der Waals surface area contributed by atoms with Crippen molar-refractivity contribution >= 4 is 34.0 Å². The lowest BCUT2D eigenvalue weighted by Gasteiger charge is -2.50. The fourth-order valence-electron chi connectivity index (χ4n) is 4.06. The normalized spacial score (nSPS) is 22.7. The van der Waals surface area contributed by atoms with Gasteiger partial charge in [0.2, 0.25) is 0 Å². The summed E-state index contributed by atoms with van der Waals surface area (Å²) in [5.41, 5.74) is -0.244. The van der Waals surface area contributed by atoms with E-state index in [9.17, 15) is 19.1 Å². The molecule has 0 saturated carbocycles. The third kappa shape index (κ3) is 6.00. The molecule has 3 amide bonds. The van der Waals surface area contributed by atoms with E-state index in [1.165, 1.54) is 35.6 Å². The molecule has 1 aliphatic heterocycles. The maximum atomic E-state index is 14.0. The summed E-state index contributed by atoms with van der Waals surface area (Å²) < 4.78 is 13.2. The first kappa shape index (κ1) is 27.1. The molecule has 0 aliphatic carbocycles. The second kappa shape index (κ2) is 10.6. The lowest BCUT2D eigenvalue weighted by atomic mass is 9.88. The second-order valence-corrected chi connectivity index (χ2v) is 11.2. The second-order valence-electron chi connectivity index (χ2n) is 10.1. The molecule has 2 heterocycles. The van der Waals surface area contributed by atoms with Gasteiger partial charge in [-0.1, -0.05) is 27.7 Å². The number of nitrogens with one attached hydrogen (secondary N) is 4. The number of nitrogens with zero attached hydrogens (tertiary/aromatic N) is 1. The third-order valence-electron chi connectivity index (χ3n) is 6.44. The van der Waals surface area contributed by atoms with E-state index in [0.717, 1.165) is 4.88 Å². The van der Waals surface area contributed by atoms with Crippen molar-refractivity contribution < 1.29 is 19.1 Å². The maximum absolute atomic E-state index is 14.0. The number of anilines is 2. The summed E-state index contributed by atoms with van der Waals surface area (Å²) in [5.74, 6) is -0.648. The van der Waals surface area contributed by atoms with Gasteiger partial charge in [-0.2, -0.15) is 0 Å². The molecule has 3 atom stereocenters. The quantitative estimate of drug-likeness (QED) is 0.409. The first-order valence-corrected chi connectivity index (χ1v) is 12.6. The Balaban J connectivity index is 1.94. The van der Waals surface area contributed by atoms with Crippen LogP contribution >= 0.6 is 11.3 Å². The van der Waals surface area contributed by atoms with Crippen molar-refractivity contribution in [2.24, 2.45) is 0 Å². The monoisotopic (exact) mass is 505 g/mol. The number of hydrogen-bond donors (Lipinski definition) is 5. The minimum Gasteiger partial charge on any atom is -0.376 e. The van der Waals surface area contributed by atoms with E-state index >= 15 is 0 Å². The molecule has 1 fully saturated rings. The van der Waals surface area contributed by atoms with Gasteiger partial charge in [-0.05, 0) is 56.1 Å². The van der Waals surface area contributed by atoms with Gasteiger partial charge in [-0.15, -0.1) is 11.3 Å². The number of aliphatic hydroxyl groups is 1. The Kier molecular flexibility index (Phi) is 8.21. The van der Waals surface area contributed by atoms with Crippen LogP contribution in [0.4, 0.5) is 19.9 Å². The number of piperazine rings is 1. The van der Waals surface area contributed by atoms with E-state index in [2.05, 4.69) is 21.3 Å². The summed E-state index contributed by atoms with van der Waals surface area (Å²) >= 11 is 1.35. The molecule has 8 nitrogen and oxygen atoms in total. The highest BCUT2D eigenvalue weighted by molar-refractivity contribution is 7.16. The van der Waals surface area contributed by atoms with Gasteiger partial charge in [-0.25, -0.2) is 9.18 Å². The standard InChI is InChI=1S/C25H36FN5O3S/c1-7-25(5)22(33)28-17(13-27-6)14-31(25)21(32)18-12-19(24(2,3)4)35-20(18)30-23(34)29-16-10-8-15(26)9-11-16/h8-12,17,22,27-28,33H,7,13-14H2,1-6H3,(H2,29,30,34). The SMILES string of the molecule is CCC1(C)C(O)NC(CNC)CN1C(=O)c1cc(C(C)(C)C)sc1NC(=O)Nc1ccc(F)cc1. The fourth-order valence-corrected chi connectivity index (χ4v) is 5.16. The average Bonchev–Trinajstić information content (AvgIpc) is 3.21.